The molecule has 1 aliphatic rings. The van der Waals surface area contributed by atoms with Crippen molar-refractivity contribution in [3.05, 3.63) is 48.5 Å². The third-order valence-electron chi connectivity index (χ3n) is 4.31. The molecular weight excluding hydrogens is 278 g/mol. The fourth-order valence-corrected chi connectivity index (χ4v) is 3.07. The Morgan fingerprint density at radius 3 is 2.59 bits per heavy atom. The van der Waals surface area contributed by atoms with Crippen LogP contribution in [-0.2, 0) is 5.54 Å². The van der Waals surface area contributed by atoms with Crippen molar-refractivity contribution in [1.82, 2.24) is 10.1 Å². The predicted molar refractivity (Wildman–Crippen MR) is 81.8 cm³/mol. The smallest absolute Gasteiger partial charge is 0.294 e. The zero-order valence-corrected chi connectivity index (χ0v) is 12.2. The molecule has 4 rings (SSSR count). The van der Waals surface area contributed by atoms with Gasteiger partial charge in [0.25, 0.3) is 5.89 Å². The van der Waals surface area contributed by atoms with E-state index in [1.807, 2.05) is 36.4 Å². The molecular formula is C17H17N3O2. The molecule has 1 saturated carbocycles. The van der Waals surface area contributed by atoms with Crippen molar-refractivity contribution in [1.29, 1.82) is 0 Å². The van der Waals surface area contributed by atoms with Crippen molar-refractivity contribution >= 4 is 0 Å². The highest BCUT2D eigenvalue weighted by atomic mass is 16.5. The van der Waals surface area contributed by atoms with Crippen LogP contribution >= 0.6 is 0 Å². The van der Waals surface area contributed by atoms with Gasteiger partial charge in [-0.2, -0.15) is 4.98 Å². The summed E-state index contributed by atoms with van der Waals surface area (Å²) in [4.78, 5) is 4.50. The lowest BCUT2D eigenvalue weighted by Crippen LogP contribution is -2.34. The molecule has 2 N–H and O–H groups in total. The monoisotopic (exact) mass is 295 g/mol. The molecule has 22 heavy (non-hydrogen) atoms. The highest BCUT2D eigenvalue weighted by Crippen LogP contribution is 2.37. The zero-order valence-electron chi connectivity index (χ0n) is 12.2. The molecule has 0 aliphatic heterocycles. The first-order chi connectivity index (χ1) is 10.8. The Bertz CT molecular complexity index is 770. The van der Waals surface area contributed by atoms with Gasteiger partial charge in [-0.3, -0.25) is 0 Å². The largest absolute Gasteiger partial charge is 0.458 e. The Morgan fingerprint density at radius 2 is 1.82 bits per heavy atom. The van der Waals surface area contributed by atoms with E-state index in [1.54, 1.807) is 6.26 Å². The van der Waals surface area contributed by atoms with Crippen molar-refractivity contribution in [3.63, 3.8) is 0 Å². The Kier molecular flexibility index (Phi) is 3.08. The predicted octanol–water partition coefficient (Wildman–Crippen LogP) is 3.72. The van der Waals surface area contributed by atoms with Crippen molar-refractivity contribution in [3.8, 4) is 22.8 Å². The van der Waals surface area contributed by atoms with E-state index < -0.39 is 5.54 Å². The number of benzene rings is 1. The summed E-state index contributed by atoms with van der Waals surface area (Å²) in [6.45, 7) is 0. The van der Waals surface area contributed by atoms with E-state index in [9.17, 15) is 0 Å². The van der Waals surface area contributed by atoms with Gasteiger partial charge in [0, 0.05) is 5.56 Å². The Labute approximate surface area is 128 Å². The summed E-state index contributed by atoms with van der Waals surface area (Å²) in [5.41, 5.74) is 7.91. The van der Waals surface area contributed by atoms with Crippen LogP contribution in [0.2, 0.25) is 0 Å². The standard InChI is InChI=1S/C17H17N3O2/c18-17(9-4-5-10-17)16-19-15(22-20-16)14-13(8-11-21-14)12-6-2-1-3-7-12/h1-3,6-8,11H,4-5,9-10,18H2. The number of rotatable bonds is 3. The summed E-state index contributed by atoms with van der Waals surface area (Å²) < 4.78 is 11.0. The molecule has 3 aromatic rings. The van der Waals surface area contributed by atoms with Crippen molar-refractivity contribution in [2.75, 3.05) is 0 Å². The first kappa shape index (κ1) is 13.3. The van der Waals surface area contributed by atoms with Gasteiger partial charge in [-0.15, -0.1) is 0 Å². The van der Waals surface area contributed by atoms with E-state index in [-0.39, 0.29) is 0 Å². The summed E-state index contributed by atoms with van der Waals surface area (Å²) in [7, 11) is 0. The molecule has 112 valence electrons. The fraction of sp³-hybridized carbons (Fsp3) is 0.294. The molecule has 0 saturated heterocycles. The minimum atomic E-state index is -0.457. The van der Waals surface area contributed by atoms with Gasteiger partial charge in [-0.05, 0) is 24.5 Å². The van der Waals surface area contributed by atoms with Gasteiger partial charge in [-0.1, -0.05) is 48.3 Å². The highest BCUT2D eigenvalue weighted by molar-refractivity contribution is 5.76. The van der Waals surface area contributed by atoms with Gasteiger partial charge in [-0.25, -0.2) is 0 Å². The van der Waals surface area contributed by atoms with Crippen LogP contribution in [0, 0.1) is 0 Å². The molecule has 0 spiro atoms. The normalized spacial score (nSPS) is 17.0. The van der Waals surface area contributed by atoms with E-state index in [4.69, 9.17) is 14.7 Å². The molecule has 1 aromatic carbocycles. The van der Waals surface area contributed by atoms with Crippen LogP contribution in [0.4, 0.5) is 0 Å². The zero-order chi connectivity index (χ0) is 15.0. The molecule has 0 unspecified atom stereocenters. The maximum atomic E-state index is 6.38. The topological polar surface area (TPSA) is 78.1 Å². The molecule has 5 heteroatoms. The molecule has 1 fully saturated rings. The second-order valence-corrected chi connectivity index (χ2v) is 5.82. The van der Waals surface area contributed by atoms with Crippen molar-refractivity contribution in [2.24, 2.45) is 5.73 Å². The number of nitrogens with two attached hydrogens (primary N) is 1. The number of hydrogen-bond acceptors (Lipinski definition) is 5. The Morgan fingerprint density at radius 1 is 1.05 bits per heavy atom. The van der Waals surface area contributed by atoms with E-state index in [0.29, 0.717) is 17.5 Å². The highest BCUT2D eigenvalue weighted by Gasteiger charge is 2.36. The van der Waals surface area contributed by atoms with Crippen molar-refractivity contribution in [2.45, 2.75) is 31.2 Å². The number of aromatic nitrogens is 2. The van der Waals surface area contributed by atoms with Crippen LogP contribution < -0.4 is 5.73 Å². The second kappa shape index (κ2) is 5.10. The van der Waals surface area contributed by atoms with Crippen LogP contribution in [0.15, 0.2) is 51.6 Å². The molecule has 0 radical (unpaired) electrons. The van der Waals surface area contributed by atoms with Crippen LogP contribution in [0.3, 0.4) is 0 Å². The summed E-state index contributed by atoms with van der Waals surface area (Å²) in [6, 6.07) is 11.9. The lowest BCUT2D eigenvalue weighted by Gasteiger charge is -2.17. The average Bonchev–Trinajstić information content (AvgIpc) is 3.28. The number of furan rings is 1. The van der Waals surface area contributed by atoms with E-state index in [1.165, 1.54) is 0 Å². The molecule has 0 amide bonds. The maximum Gasteiger partial charge on any atom is 0.294 e. The minimum absolute atomic E-state index is 0.385. The summed E-state index contributed by atoms with van der Waals surface area (Å²) in [5.74, 6) is 1.55. The van der Waals surface area contributed by atoms with E-state index >= 15 is 0 Å². The van der Waals surface area contributed by atoms with E-state index in [0.717, 1.165) is 36.8 Å². The van der Waals surface area contributed by atoms with Crippen molar-refractivity contribution < 1.29 is 8.94 Å². The van der Waals surface area contributed by atoms with Gasteiger partial charge in [0.1, 0.15) is 0 Å². The minimum Gasteiger partial charge on any atom is -0.458 e. The molecule has 0 atom stereocenters. The molecule has 2 heterocycles. The Balaban J connectivity index is 1.72. The SMILES string of the molecule is NC1(c2noc(-c3occc3-c3ccccc3)n2)CCCC1. The van der Waals surface area contributed by atoms with Gasteiger partial charge >= 0.3 is 0 Å². The summed E-state index contributed by atoms with van der Waals surface area (Å²) in [6.07, 6.45) is 5.65. The summed E-state index contributed by atoms with van der Waals surface area (Å²) in [5, 5.41) is 4.09. The third kappa shape index (κ3) is 2.14. The van der Waals surface area contributed by atoms with Gasteiger partial charge < -0.3 is 14.7 Å². The Hall–Kier alpha value is -2.40. The average molecular weight is 295 g/mol. The molecule has 1 aliphatic carbocycles. The third-order valence-corrected chi connectivity index (χ3v) is 4.31. The van der Waals surface area contributed by atoms with Gasteiger partial charge in [0.2, 0.25) is 0 Å². The van der Waals surface area contributed by atoms with Crippen LogP contribution in [-0.4, -0.2) is 10.1 Å². The summed E-state index contributed by atoms with van der Waals surface area (Å²) >= 11 is 0. The lowest BCUT2D eigenvalue weighted by molar-refractivity contribution is 0.368. The van der Waals surface area contributed by atoms with E-state index in [2.05, 4.69) is 10.1 Å². The molecule has 0 bridgehead atoms. The van der Waals surface area contributed by atoms with Crippen LogP contribution in [0.5, 0.6) is 0 Å². The number of nitrogens with zero attached hydrogens (tertiary/aromatic N) is 2. The van der Waals surface area contributed by atoms with Crippen LogP contribution in [0.1, 0.15) is 31.5 Å². The molecule has 5 nitrogen and oxygen atoms in total. The quantitative estimate of drug-likeness (QED) is 0.796. The lowest BCUT2D eigenvalue weighted by atomic mass is 9.99. The first-order valence-electron chi connectivity index (χ1n) is 7.53. The molecule has 2 aromatic heterocycles. The second-order valence-electron chi connectivity index (χ2n) is 5.82. The van der Waals surface area contributed by atoms with Crippen LogP contribution in [0.25, 0.3) is 22.8 Å². The van der Waals surface area contributed by atoms with Gasteiger partial charge in [0.05, 0.1) is 11.8 Å². The maximum absolute atomic E-state index is 6.38. The fourth-order valence-electron chi connectivity index (χ4n) is 3.07. The van der Waals surface area contributed by atoms with Gasteiger partial charge in [0.15, 0.2) is 11.6 Å². The first-order valence-corrected chi connectivity index (χ1v) is 7.53. The number of hydrogen-bond donors (Lipinski definition) is 1.